The molecule has 26 heavy (non-hydrogen) atoms. The first-order valence-corrected chi connectivity index (χ1v) is 8.90. The molecule has 0 aliphatic rings. The van der Waals surface area contributed by atoms with Crippen LogP contribution in [0, 0.1) is 0 Å². The quantitative estimate of drug-likeness (QED) is 0.446. The van der Waals surface area contributed by atoms with Gasteiger partial charge in [0.05, 0.1) is 30.8 Å². The fourth-order valence-electron chi connectivity index (χ4n) is 2.31. The van der Waals surface area contributed by atoms with Crippen LogP contribution in [0.5, 0.6) is 0 Å². The van der Waals surface area contributed by atoms with Crippen LogP contribution in [0.1, 0.15) is 28.5 Å². The number of rotatable bonds is 6. The first-order valence-electron chi connectivity index (χ1n) is 8.15. The number of ether oxygens (including phenoxy) is 1. The highest BCUT2D eigenvalue weighted by atomic mass is 35.5. The maximum Gasteiger partial charge on any atom is 0.337 e. The Bertz CT molecular complexity index is 785. The van der Waals surface area contributed by atoms with Crippen LogP contribution >= 0.6 is 23.2 Å². The van der Waals surface area contributed by atoms with Crippen molar-refractivity contribution < 1.29 is 9.53 Å². The molecule has 6 nitrogen and oxygen atoms in total. The van der Waals surface area contributed by atoms with Crippen molar-refractivity contribution in [1.29, 1.82) is 0 Å². The van der Waals surface area contributed by atoms with Gasteiger partial charge in [0.15, 0.2) is 5.96 Å². The van der Waals surface area contributed by atoms with Crippen LogP contribution in [0.2, 0.25) is 10.2 Å². The van der Waals surface area contributed by atoms with Gasteiger partial charge in [-0.1, -0.05) is 35.3 Å². The Balaban J connectivity index is 2.01. The zero-order valence-electron chi connectivity index (χ0n) is 15.0. The molecule has 0 radical (unpaired) electrons. The highest BCUT2D eigenvalue weighted by Gasteiger charge is 2.09. The average Bonchev–Trinajstić information content (AvgIpc) is 2.90. The van der Waals surface area contributed by atoms with Gasteiger partial charge >= 0.3 is 5.97 Å². The van der Waals surface area contributed by atoms with Gasteiger partial charge in [0.25, 0.3) is 0 Å². The lowest BCUT2D eigenvalue weighted by Crippen LogP contribution is -2.37. The van der Waals surface area contributed by atoms with Crippen LogP contribution in [-0.2, 0) is 24.9 Å². The molecule has 0 aliphatic heterocycles. The van der Waals surface area contributed by atoms with Gasteiger partial charge in [0.1, 0.15) is 5.15 Å². The summed E-state index contributed by atoms with van der Waals surface area (Å²) in [7, 11) is 3.22. The average molecular weight is 397 g/mol. The van der Waals surface area contributed by atoms with E-state index in [1.165, 1.54) is 7.11 Å². The van der Waals surface area contributed by atoms with Crippen molar-refractivity contribution in [3.8, 4) is 0 Å². The van der Waals surface area contributed by atoms with E-state index in [2.05, 4.69) is 15.6 Å². The summed E-state index contributed by atoms with van der Waals surface area (Å²) >= 11 is 12.1. The van der Waals surface area contributed by atoms with Gasteiger partial charge in [0.2, 0.25) is 0 Å². The number of benzene rings is 1. The molecule has 0 amide bonds. The monoisotopic (exact) mass is 396 g/mol. The minimum atomic E-state index is -0.352. The third-order valence-corrected chi connectivity index (χ3v) is 4.63. The van der Waals surface area contributed by atoms with Gasteiger partial charge in [-0.3, -0.25) is 0 Å². The zero-order valence-corrected chi connectivity index (χ0v) is 16.5. The van der Waals surface area contributed by atoms with Crippen LogP contribution in [0.25, 0.3) is 0 Å². The molecule has 1 aromatic carbocycles. The van der Waals surface area contributed by atoms with E-state index in [4.69, 9.17) is 27.9 Å². The van der Waals surface area contributed by atoms with E-state index in [9.17, 15) is 4.79 Å². The molecule has 0 atom stereocenters. The summed E-state index contributed by atoms with van der Waals surface area (Å²) in [5, 5.41) is 7.48. The van der Waals surface area contributed by atoms with Crippen LogP contribution in [0.15, 0.2) is 35.3 Å². The molecule has 0 spiro atoms. The molecule has 1 aromatic heterocycles. The van der Waals surface area contributed by atoms with Gasteiger partial charge in [-0.15, -0.1) is 0 Å². The molecule has 0 fully saturated rings. The fourth-order valence-corrected chi connectivity index (χ4v) is 2.72. The fraction of sp³-hybridized carbons (Fsp3) is 0.333. The van der Waals surface area contributed by atoms with Crippen molar-refractivity contribution in [3.05, 3.63) is 57.3 Å². The SMILES string of the molecule is CCNC(=NCc1ccc(C(=O)OC)cc1)NCc1cc(Cl)c(Cl)n1C. The lowest BCUT2D eigenvalue weighted by molar-refractivity contribution is 0.0600. The number of aromatic nitrogens is 1. The Kier molecular flexibility index (Phi) is 7.36. The number of hydrogen-bond donors (Lipinski definition) is 2. The van der Waals surface area contributed by atoms with Crippen LogP contribution in [0.4, 0.5) is 0 Å². The topological polar surface area (TPSA) is 67.7 Å². The maximum absolute atomic E-state index is 11.5. The van der Waals surface area contributed by atoms with E-state index in [-0.39, 0.29) is 5.97 Å². The Morgan fingerprint density at radius 2 is 1.92 bits per heavy atom. The molecule has 140 valence electrons. The highest BCUT2D eigenvalue weighted by Crippen LogP contribution is 2.24. The predicted molar refractivity (Wildman–Crippen MR) is 105 cm³/mol. The molecule has 0 unspecified atom stereocenters. The molecule has 0 aliphatic carbocycles. The number of carbonyl (C=O) groups excluding carboxylic acids is 1. The van der Waals surface area contributed by atoms with Crippen molar-refractivity contribution in [1.82, 2.24) is 15.2 Å². The normalized spacial score (nSPS) is 11.3. The van der Waals surface area contributed by atoms with E-state index in [1.807, 2.05) is 36.7 Å². The van der Waals surface area contributed by atoms with E-state index in [1.54, 1.807) is 12.1 Å². The summed E-state index contributed by atoms with van der Waals surface area (Å²) in [6, 6.07) is 8.99. The minimum Gasteiger partial charge on any atom is -0.465 e. The van der Waals surface area contributed by atoms with Gasteiger partial charge in [-0.25, -0.2) is 9.79 Å². The lowest BCUT2D eigenvalue weighted by Gasteiger charge is -2.12. The number of aliphatic imine (C=N–C) groups is 1. The second-order valence-corrected chi connectivity index (χ2v) is 6.34. The third-order valence-electron chi connectivity index (χ3n) is 3.79. The summed E-state index contributed by atoms with van der Waals surface area (Å²) in [4.78, 5) is 16.0. The summed E-state index contributed by atoms with van der Waals surface area (Å²) in [6.45, 7) is 3.75. The third kappa shape index (κ3) is 5.16. The van der Waals surface area contributed by atoms with E-state index in [0.717, 1.165) is 17.8 Å². The molecule has 8 heteroatoms. The van der Waals surface area contributed by atoms with Crippen LogP contribution < -0.4 is 10.6 Å². The van der Waals surface area contributed by atoms with Gasteiger partial charge in [0, 0.05) is 19.3 Å². The molecule has 0 saturated carbocycles. The number of hydrogen-bond acceptors (Lipinski definition) is 3. The van der Waals surface area contributed by atoms with Crippen molar-refractivity contribution in [2.24, 2.45) is 12.0 Å². The molecule has 2 N–H and O–H groups in total. The largest absolute Gasteiger partial charge is 0.465 e. The number of nitrogens with one attached hydrogen (secondary N) is 2. The molecule has 0 bridgehead atoms. The van der Waals surface area contributed by atoms with Gasteiger partial charge in [-0.2, -0.15) is 0 Å². The molecular formula is C18H22Cl2N4O2. The van der Waals surface area contributed by atoms with Crippen molar-refractivity contribution >= 4 is 35.1 Å². The molecule has 2 rings (SSSR count). The smallest absolute Gasteiger partial charge is 0.337 e. The van der Waals surface area contributed by atoms with Crippen LogP contribution in [-0.4, -0.2) is 30.2 Å². The van der Waals surface area contributed by atoms with Gasteiger partial charge < -0.3 is 19.9 Å². The number of esters is 1. The van der Waals surface area contributed by atoms with Crippen molar-refractivity contribution in [2.75, 3.05) is 13.7 Å². The van der Waals surface area contributed by atoms with E-state index >= 15 is 0 Å². The Morgan fingerprint density at radius 1 is 1.23 bits per heavy atom. The zero-order chi connectivity index (χ0) is 19.1. The number of carbonyl (C=O) groups is 1. The number of methoxy groups -OCH3 is 1. The Labute approximate surface area is 163 Å². The minimum absolute atomic E-state index is 0.352. The van der Waals surface area contributed by atoms with Crippen molar-refractivity contribution in [2.45, 2.75) is 20.0 Å². The number of nitrogens with zero attached hydrogens (tertiary/aromatic N) is 2. The highest BCUT2D eigenvalue weighted by molar-refractivity contribution is 6.41. The first kappa shape index (κ1) is 20.1. The first-order chi connectivity index (χ1) is 12.5. The lowest BCUT2D eigenvalue weighted by atomic mass is 10.1. The van der Waals surface area contributed by atoms with Gasteiger partial charge in [-0.05, 0) is 30.7 Å². The molecular weight excluding hydrogens is 375 g/mol. The maximum atomic E-state index is 11.5. The summed E-state index contributed by atoms with van der Waals surface area (Å²) in [5.41, 5.74) is 2.45. The van der Waals surface area contributed by atoms with E-state index in [0.29, 0.717) is 34.8 Å². The molecule has 2 aromatic rings. The van der Waals surface area contributed by atoms with Crippen molar-refractivity contribution in [3.63, 3.8) is 0 Å². The summed E-state index contributed by atoms with van der Waals surface area (Å²) in [6.07, 6.45) is 0. The Hall–Kier alpha value is -2.18. The summed E-state index contributed by atoms with van der Waals surface area (Å²) < 4.78 is 6.52. The van der Waals surface area contributed by atoms with E-state index < -0.39 is 0 Å². The molecule has 0 saturated heterocycles. The second kappa shape index (κ2) is 9.50. The number of halogens is 2. The standard InChI is InChI=1S/C18H22Cl2N4O2/c1-4-21-18(23-11-14-9-15(19)16(20)24(14)2)22-10-12-5-7-13(8-6-12)17(25)26-3/h5-9H,4,10-11H2,1-3H3,(H2,21,22,23). The Morgan fingerprint density at radius 3 is 2.46 bits per heavy atom. The predicted octanol–water partition coefficient (Wildman–Crippen LogP) is 3.37. The number of guanidine groups is 1. The van der Waals surface area contributed by atoms with Crippen LogP contribution in [0.3, 0.4) is 0 Å². The summed E-state index contributed by atoms with van der Waals surface area (Å²) in [5.74, 6) is 0.327. The second-order valence-electron chi connectivity index (χ2n) is 5.57. The molecule has 1 heterocycles.